The minimum atomic E-state index is -0.645. The van der Waals surface area contributed by atoms with Crippen molar-refractivity contribution in [2.75, 3.05) is 44.3 Å². The van der Waals surface area contributed by atoms with Gasteiger partial charge in [-0.2, -0.15) is 0 Å². The third-order valence-corrected chi connectivity index (χ3v) is 8.41. The van der Waals surface area contributed by atoms with Crippen molar-refractivity contribution in [2.45, 2.75) is 44.5 Å². The molecule has 0 bridgehead atoms. The van der Waals surface area contributed by atoms with E-state index in [1.807, 2.05) is 17.0 Å². The van der Waals surface area contributed by atoms with Crippen LogP contribution in [0.2, 0.25) is 0 Å². The van der Waals surface area contributed by atoms with E-state index in [0.717, 1.165) is 24.1 Å². The number of amides is 3. The summed E-state index contributed by atoms with van der Waals surface area (Å²) < 4.78 is 26.8. The molecular formula is C30H31FN6O5. The van der Waals surface area contributed by atoms with Crippen LogP contribution in [-0.4, -0.2) is 89.0 Å². The number of hydrogen-bond donors (Lipinski definition) is 1. The van der Waals surface area contributed by atoms with Gasteiger partial charge in [0.1, 0.15) is 29.2 Å². The predicted molar refractivity (Wildman–Crippen MR) is 149 cm³/mol. The number of nitrogens with one attached hydrogen (secondary N) is 1. The van der Waals surface area contributed by atoms with Crippen molar-refractivity contribution in [1.29, 1.82) is 0 Å². The fourth-order valence-corrected chi connectivity index (χ4v) is 6.27. The molecule has 0 aliphatic carbocycles. The number of rotatable bonds is 6. The molecule has 0 spiro atoms. The van der Waals surface area contributed by atoms with Gasteiger partial charge in [-0.3, -0.25) is 24.6 Å². The second kappa shape index (κ2) is 10.9. The maximum Gasteiger partial charge on any atom is 0.255 e. The quantitative estimate of drug-likeness (QED) is 0.442. The van der Waals surface area contributed by atoms with E-state index in [9.17, 15) is 14.4 Å². The average Bonchev–Trinajstić information content (AvgIpc) is 3.56. The van der Waals surface area contributed by atoms with Crippen LogP contribution in [0.1, 0.15) is 40.7 Å². The molecule has 3 fully saturated rings. The zero-order chi connectivity index (χ0) is 28.8. The SMILES string of the molecule is O=C1CC[C@H](N2Cc3cc(O[C@H]4CCN(Cc5cc(F)c6nc(N7CCOCC7)ncc6c5)C4)ccc3C2=O)C(=O)N1. The number of benzene rings is 2. The second-order valence-corrected chi connectivity index (χ2v) is 11.3. The van der Waals surface area contributed by atoms with E-state index in [1.54, 1.807) is 24.4 Å². The summed E-state index contributed by atoms with van der Waals surface area (Å²) in [6.07, 6.45) is 3.01. The minimum absolute atomic E-state index is 0.0453. The van der Waals surface area contributed by atoms with Crippen LogP contribution >= 0.6 is 0 Å². The molecule has 4 aliphatic heterocycles. The van der Waals surface area contributed by atoms with Crippen LogP contribution in [0.15, 0.2) is 36.5 Å². The molecule has 2 aromatic carbocycles. The van der Waals surface area contributed by atoms with Crippen LogP contribution < -0.4 is 15.0 Å². The normalized spacial score (nSPS) is 23.0. The molecule has 1 N–H and O–H groups in total. The average molecular weight is 575 g/mol. The highest BCUT2D eigenvalue weighted by atomic mass is 19.1. The molecule has 0 radical (unpaired) electrons. The fourth-order valence-electron chi connectivity index (χ4n) is 6.27. The van der Waals surface area contributed by atoms with E-state index in [0.29, 0.717) is 80.5 Å². The van der Waals surface area contributed by atoms with E-state index < -0.39 is 11.9 Å². The lowest BCUT2D eigenvalue weighted by molar-refractivity contribution is -0.136. The van der Waals surface area contributed by atoms with Crippen LogP contribution in [-0.2, 0) is 27.4 Å². The Bertz CT molecular complexity index is 1580. The highest BCUT2D eigenvalue weighted by Crippen LogP contribution is 2.31. The Labute approximate surface area is 241 Å². The summed E-state index contributed by atoms with van der Waals surface area (Å²) in [6.45, 7) is 4.98. The summed E-state index contributed by atoms with van der Waals surface area (Å²) >= 11 is 0. The molecule has 0 unspecified atom stereocenters. The molecule has 11 nitrogen and oxygen atoms in total. The van der Waals surface area contributed by atoms with Crippen molar-refractivity contribution >= 4 is 34.6 Å². The summed E-state index contributed by atoms with van der Waals surface area (Å²) in [4.78, 5) is 51.5. The Hall–Kier alpha value is -4.16. The lowest BCUT2D eigenvalue weighted by atomic mass is 10.0. The second-order valence-electron chi connectivity index (χ2n) is 11.3. The summed E-state index contributed by atoms with van der Waals surface area (Å²) in [5.41, 5.74) is 2.54. The van der Waals surface area contributed by atoms with Gasteiger partial charge in [0.15, 0.2) is 0 Å². The van der Waals surface area contributed by atoms with Gasteiger partial charge in [-0.15, -0.1) is 0 Å². The smallest absolute Gasteiger partial charge is 0.255 e. The Kier molecular flexibility index (Phi) is 6.95. The van der Waals surface area contributed by atoms with Gasteiger partial charge in [0, 0.05) is 62.8 Å². The summed E-state index contributed by atoms with van der Waals surface area (Å²) in [5, 5.41) is 3.00. The number of aromatic nitrogens is 2. The standard InChI is InChI=1S/C30H31FN6O5/c31-24-12-18(11-19-14-32-30(34-27(19)24)36-7-9-41-10-8-36)15-35-6-5-22(17-35)42-21-1-2-23-20(13-21)16-37(29(23)40)25-3-4-26(38)33-28(25)39/h1-2,11-14,22,25H,3-10,15-17H2,(H,33,38,39)/t22-,25-/m0/s1. The third-order valence-electron chi connectivity index (χ3n) is 8.41. The Morgan fingerprint density at radius 2 is 1.93 bits per heavy atom. The molecule has 5 heterocycles. The molecule has 7 rings (SSSR count). The first-order chi connectivity index (χ1) is 20.4. The number of carbonyl (C=O) groups is 3. The van der Waals surface area contributed by atoms with Gasteiger partial charge >= 0.3 is 0 Å². The Balaban J connectivity index is 0.977. The minimum Gasteiger partial charge on any atom is -0.489 e. The third kappa shape index (κ3) is 5.16. The highest BCUT2D eigenvalue weighted by Gasteiger charge is 2.39. The molecule has 3 aromatic rings. The Morgan fingerprint density at radius 1 is 1.07 bits per heavy atom. The highest BCUT2D eigenvalue weighted by molar-refractivity contribution is 6.05. The van der Waals surface area contributed by atoms with Crippen LogP contribution in [0.25, 0.3) is 10.9 Å². The molecule has 2 atom stereocenters. The number of hydrogen-bond acceptors (Lipinski definition) is 9. The van der Waals surface area contributed by atoms with Crippen molar-refractivity contribution in [3.8, 4) is 5.75 Å². The van der Waals surface area contributed by atoms with Crippen molar-refractivity contribution in [1.82, 2.24) is 25.1 Å². The van der Waals surface area contributed by atoms with Crippen molar-refractivity contribution in [3.63, 3.8) is 0 Å². The molecule has 42 heavy (non-hydrogen) atoms. The number of halogens is 1. The summed E-state index contributed by atoms with van der Waals surface area (Å²) in [7, 11) is 0. The first-order valence-corrected chi connectivity index (χ1v) is 14.4. The van der Waals surface area contributed by atoms with Crippen LogP contribution in [0.4, 0.5) is 10.3 Å². The van der Waals surface area contributed by atoms with Crippen molar-refractivity contribution < 1.29 is 28.2 Å². The Morgan fingerprint density at radius 3 is 2.76 bits per heavy atom. The first kappa shape index (κ1) is 26.7. The first-order valence-electron chi connectivity index (χ1n) is 14.4. The number of likely N-dealkylation sites (tertiary alicyclic amines) is 1. The number of morpholine rings is 1. The number of nitrogens with zero attached hydrogens (tertiary/aromatic N) is 5. The van der Waals surface area contributed by atoms with Crippen LogP contribution in [0.5, 0.6) is 5.75 Å². The topological polar surface area (TPSA) is 117 Å². The fraction of sp³-hybridized carbons (Fsp3) is 0.433. The molecule has 4 aliphatic rings. The van der Waals surface area contributed by atoms with Gasteiger partial charge in [-0.25, -0.2) is 14.4 Å². The van der Waals surface area contributed by atoms with Crippen LogP contribution in [0, 0.1) is 5.82 Å². The number of ether oxygens (including phenoxy) is 2. The van der Waals surface area contributed by atoms with Gasteiger partial charge in [0.2, 0.25) is 17.8 Å². The monoisotopic (exact) mass is 574 g/mol. The van der Waals surface area contributed by atoms with Crippen molar-refractivity contribution in [3.05, 3.63) is 59.0 Å². The zero-order valence-electron chi connectivity index (χ0n) is 23.1. The number of imide groups is 1. The van der Waals surface area contributed by atoms with Crippen LogP contribution in [0.3, 0.4) is 0 Å². The molecule has 3 amide bonds. The maximum absolute atomic E-state index is 15.1. The largest absolute Gasteiger partial charge is 0.489 e. The molecule has 218 valence electrons. The number of carbonyl (C=O) groups excluding carboxylic acids is 3. The molecule has 1 aromatic heterocycles. The molecular weight excluding hydrogens is 543 g/mol. The summed E-state index contributed by atoms with van der Waals surface area (Å²) in [5.74, 6) is -0.0972. The summed E-state index contributed by atoms with van der Waals surface area (Å²) in [6, 6.07) is 8.26. The molecule has 3 saturated heterocycles. The van der Waals surface area contributed by atoms with E-state index in [1.165, 1.54) is 4.90 Å². The zero-order valence-corrected chi connectivity index (χ0v) is 23.1. The van der Waals surface area contributed by atoms with Gasteiger partial charge in [0.25, 0.3) is 5.91 Å². The predicted octanol–water partition coefficient (Wildman–Crippen LogP) is 2.02. The van der Waals surface area contributed by atoms with E-state index >= 15 is 4.39 Å². The lowest BCUT2D eigenvalue weighted by Gasteiger charge is -2.29. The van der Waals surface area contributed by atoms with Gasteiger partial charge in [-0.1, -0.05) is 0 Å². The number of anilines is 1. The van der Waals surface area contributed by atoms with Gasteiger partial charge < -0.3 is 19.3 Å². The maximum atomic E-state index is 15.1. The molecule has 0 saturated carbocycles. The van der Waals surface area contributed by atoms with E-state index in [4.69, 9.17) is 9.47 Å². The number of fused-ring (bicyclic) bond motifs is 2. The number of piperidine rings is 1. The van der Waals surface area contributed by atoms with E-state index in [-0.39, 0.29) is 30.2 Å². The lowest BCUT2D eigenvalue weighted by Crippen LogP contribution is -2.52. The van der Waals surface area contributed by atoms with Crippen molar-refractivity contribution in [2.24, 2.45) is 0 Å². The van der Waals surface area contributed by atoms with E-state index in [2.05, 4.69) is 20.2 Å². The van der Waals surface area contributed by atoms with Gasteiger partial charge in [-0.05, 0) is 54.3 Å². The van der Waals surface area contributed by atoms with Gasteiger partial charge in [0.05, 0.1) is 13.2 Å². The molecule has 12 heteroatoms.